The highest BCUT2D eigenvalue weighted by Crippen LogP contribution is 2.01. The molecule has 1 rings (SSSR count). The molecule has 0 bridgehead atoms. The summed E-state index contributed by atoms with van der Waals surface area (Å²) < 4.78 is 10.5. The smallest absolute Gasteiger partial charge is 0.219 e. The zero-order valence-corrected chi connectivity index (χ0v) is 11.2. The highest BCUT2D eigenvalue weighted by Gasteiger charge is 2.00. The van der Waals surface area contributed by atoms with Crippen molar-refractivity contribution in [3.63, 3.8) is 0 Å². The van der Waals surface area contributed by atoms with E-state index in [2.05, 4.69) is 5.32 Å². The Morgan fingerprint density at radius 2 is 2.28 bits per heavy atom. The van der Waals surface area contributed by atoms with E-state index in [1.165, 1.54) is 0 Å². The summed E-state index contributed by atoms with van der Waals surface area (Å²) in [7, 11) is 0. The van der Waals surface area contributed by atoms with Crippen molar-refractivity contribution in [1.82, 2.24) is 5.32 Å². The number of ether oxygens (including phenoxy) is 1. The van der Waals surface area contributed by atoms with Crippen molar-refractivity contribution in [2.24, 2.45) is 0 Å². The van der Waals surface area contributed by atoms with Gasteiger partial charge in [0.25, 0.3) is 0 Å². The lowest BCUT2D eigenvalue weighted by Gasteiger charge is -2.05. The third-order valence-electron chi connectivity index (χ3n) is 2.40. The summed E-state index contributed by atoms with van der Waals surface area (Å²) in [5, 5.41) is 2.85. The van der Waals surface area contributed by atoms with Crippen LogP contribution in [0.4, 0.5) is 0 Å². The molecular weight excluding hydrogens is 254 g/mol. The van der Waals surface area contributed by atoms with E-state index in [4.69, 9.17) is 20.8 Å². The largest absolute Gasteiger partial charge is 0.467 e. The van der Waals surface area contributed by atoms with Gasteiger partial charge in [-0.15, -0.1) is 11.6 Å². The Bertz CT molecular complexity index is 314. The molecule has 18 heavy (non-hydrogen) atoms. The van der Waals surface area contributed by atoms with Crippen LogP contribution in [0.3, 0.4) is 0 Å². The molecule has 0 spiro atoms. The van der Waals surface area contributed by atoms with Crippen LogP contribution < -0.4 is 5.32 Å². The summed E-state index contributed by atoms with van der Waals surface area (Å²) in [4.78, 5) is 11.3. The molecule has 5 heteroatoms. The highest BCUT2D eigenvalue weighted by molar-refractivity contribution is 6.17. The Morgan fingerprint density at radius 3 is 3.00 bits per heavy atom. The lowest BCUT2D eigenvalue weighted by Crippen LogP contribution is -2.24. The normalized spacial score (nSPS) is 10.5. The van der Waals surface area contributed by atoms with Gasteiger partial charge in [0.2, 0.25) is 5.91 Å². The number of unbranched alkanes of at least 4 members (excludes halogenated alkanes) is 1. The number of amides is 1. The Hall–Kier alpha value is -1.00. The summed E-state index contributed by atoms with van der Waals surface area (Å²) >= 11 is 5.53. The number of halogens is 1. The zero-order valence-electron chi connectivity index (χ0n) is 10.5. The van der Waals surface area contributed by atoms with Crippen LogP contribution in [-0.4, -0.2) is 24.9 Å². The Morgan fingerprint density at radius 1 is 1.39 bits per heavy atom. The van der Waals surface area contributed by atoms with E-state index in [0.29, 0.717) is 32.1 Å². The summed E-state index contributed by atoms with van der Waals surface area (Å²) in [6, 6.07) is 3.71. The van der Waals surface area contributed by atoms with Crippen molar-refractivity contribution >= 4 is 17.5 Å². The summed E-state index contributed by atoms with van der Waals surface area (Å²) in [5.74, 6) is 1.53. The molecule has 0 saturated carbocycles. The third kappa shape index (κ3) is 7.35. The van der Waals surface area contributed by atoms with Gasteiger partial charge in [-0.3, -0.25) is 4.79 Å². The molecule has 0 aliphatic carbocycles. The van der Waals surface area contributed by atoms with Crippen LogP contribution in [0.15, 0.2) is 22.8 Å². The van der Waals surface area contributed by atoms with E-state index < -0.39 is 0 Å². The number of hydrogen-bond donors (Lipinski definition) is 1. The first-order chi connectivity index (χ1) is 8.83. The average Bonchev–Trinajstić information content (AvgIpc) is 2.87. The molecule has 4 nitrogen and oxygen atoms in total. The maximum Gasteiger partial charge on any atom is 0.219 e. The fourth-order valence-electron chi connectivity index (χ4n) is 1.44. The molecule has 1 N–H and O–H groups in total. The topological polar surface area (TPSA) is 51.5 Å². The SMILES string of the molecule is O=C(CCCCCl)NCCCOCc1ccco1. The van der Waals surface area contributed by atoms with Crippen LogP contribution in [0.5, 0.6) is 0 Å². The molecule has 1 amide bonds. The van der Waals surface area contributed by atoms with Gasteiger partial charge in [-0.25, -0.2) is 0 Å². The monoisotopic (exact) mass is 273 g/mol. The van der Waals surface area contributed by atoms with Crippen LogP contribution in [0, 0.1) is 0 Å². The molecule has 1 heterocycles. The number of hydrogen-bond acceptors (Lipinski definition) is 3. The Labute approximate surface area is 113 Å². The summed E-state index contributed by atoms with van der Waals surface area (Å²) in [6.45, 7) is 1.75. The van der Waals surface area contributed by atoms with E-state index >= 15 is 0 Å². The third-order valence-corrected chi connectivity index (χ3v) is 2.67. The number of furan rings is 1. The quantitative estimate of drug-likeness (QED) is 0.527. The van der Waals surface area contributed by atoms with Crippen LogP contribution in [0.25, 0.3) is 0 Å². The number of nitrogens with one attached hydrogen (secondary N) is 1. The molecular formula is C13H20ClNO3. The van der Waals surface area contributed by atoms with Crippen LogP contribution in [0.2, 0.25) is 0 Å². The van der Waals surface area contributed by atoms with Gasteiger partial charge < -0.3 is 14.5 Å². The maximum absolute atomic E-state index is 11.3. The molecule has 102 valence electrons. The van der Waals surface area contributed by atoms with Gasteiger partial charge in [-0.05, 0) is 31.4 Å². The predicted molar refractivity (Wildman–Crippen MR) is 70.6 cm³/mol. The predicted octanol–water partition coefficient (Wildman–Crippen LogP) is 2.71. The first-order valence-corrected chi connectivity index (χ1v) is 6.79. The summed E-state index contributed by atoms with van der Waals surface area (Å²) in [5.41, 5.74) is 0. The van der Waals surface area contributed by atoms with Crippen molar-refractivity contribution in [2.45, 2.75) is 32.3 Å². The second kappa shape index (κ2) is 9.97. The lowest BCUT2D eigenvalue weighted by molar-refractivity contribution is -0.121. The standard InChI is InChI=1S/C13H20ClNO3/c14-7-2-1-6-13(16)15-8-4-9-17-11-12-5-3-10-18-12/h3,5,10H,1-2,4,6-9,11H2,(H,15,16). The molecule has 0 fully saturated rings. The van der Waals surface area contributed by atoms with E-state index in [0.717, 1.165) is 25.0 Å². The van der Waals surface area contributed by atoms with Gasteiger partial charge in [0.05, 0.1) is 6.26 Å². The minimum absolute atomic E-state index is 0.0890. The van der Waals surface area contributed by atoms with Gasteiger partial charge >= 0.3 is 0 Å². The first kappa shape index (κ1) is 15.1. The lowest BCUT2D eigenvalue weighted by atomic mass is 10.2. The Kier molecular flexibility index (Phi) is 8.34. The van der Waals surface area contributed by atoms with E-state index in [9.17, 15) is 4.79 Å². The van der Waals surface area contributed by atoms with Gasteiger partial charge in [0, 0.05) is 25.5 Å². The number of alkyl halides is 1. The van der Waals surface area contributed by atoms with Crippen molar-refractivity contribution < 1.29 is 13.9 Å². The first-order valence-electron chi connectivity index (χ1n) is 6.25. The molecule has 0 aromatic carbocycles. The molecule has 0 saturated heterocycles. The number of carbonyl (C=O) groups excluding carboxylic acids is 1. The van der Waals surface area contributed by atoms with Gasteiger partial charge in [-0.1, -0.05) is 0 Å². The average molecular weight is 274 g/mol. The van der Waals surface area contributed by atoms with Crippen molar-refractivity contribution in [3.8, 4) is 0 Å². The maximum atomic E-state index is 11.3. The molecule has 1 aromatic rings. The highest BCUT2D eigenvalue weighted by atomic mass is 35.5. The minimum Gasteiger partial charge on any atom is -0.467 e. The van der Waals surface area contributed by atoms with Crippen LogP contribution in [0.1, 0.15) is 31.4 Å². The molecule has 0 aliphatic rings. The Balaban J connectivity index is 1.87. The minimum atomic E-state index is 0.0890. The van der Waals surface area contributed by atoms with Gasteiger partial charge in [0.1, 0.15) is 12.4 Å². The van der Waals surface area contributed by atoms with E-state index in [-0.39, 0.29) is 5.91 Å². The molecule has 0 unspecified atom stereocenters. The van der Waals surface area contributed by atoms with Crippen molar-refractivity contribution in [3.05, 3.63) is 24.2 Å². The fourth-order valence-corrected chi connectivity index (χ4v) is 1.63. The van der Waals surface area contributed by atoms with Gasteiger partial charge in [0.15, 0.2) is 0 Å². The van der Waals surface area contributed by atoms with Gasteiger partial charge in [-0.2, -0.15) is 0 Å². The summed E-state index contributed by atoms with van der Waals surface area (Å²) in [6.07, 6.45) is 4.73. The van der Waals surface area contributed by atoms with Crippen molar-refractivity contribution in [1.29, 1.82) is 0 Å². The fraction of sp³-hybridized carbons (Fsp3) is 0.615. The van der Waals surface area contributed by atoms with Crippen LogP contribution in [-0.2, 0) is 16.1 Å². The van der Waals surface area contributed by atoms with Crippen LogP contribution >= 0.6 is 11.6 Å². The second-order valence-electron chi connectivity index (χ2n) is 3.98. The molecule has 0 aliphatic heterocycles. The molecule has 0 radical (unpaired) electrons. The second-order valence-corrected chi connectivity index (χ2v) is 4.36. The molecule has 1 aromatic heterocycles. The van der Waals surface area contributed by atoms with E-state index in [1.807, 2.05) is 12.1 Å². The zero-order chi connectivity index (χ0) is 13.1. The number of rotatable bonds is 10. The van der Waals surface area contributed by atoms with E-state index in [1.54, 1.807) is 6.26 Å². The van der Waals surface area contributed by atoms with Crippen molar-refractivity contribution in [2.75, 3.05) is 19.0 Å². The number of carbonyl (C=O) groups is 1. The molecule has 0 atom stereocenters.